The maximum absolute atomic E-state index is 11.5. The van der Waals surface area contributed by atoms with E-state index in [0.717, 1.165) is 6.42 Å². The Morgan fingerprint density at radius 1 is 1.50 bits per heavy atom. The average molecular weight is 199 g/mol. The molecule has 1 heterocycles. The zero-order chi connectivity index (χ0) is 10.7. The van der Waals surface area contributed by atoms with Crippen LogP contribution in [0.15, 0.2) is 0 Å². The van der Waals surface area contributed by atoms with Crippen LogP contribution < -0.4 is 0 Å². The van der Waals surface area contributed by atoms with Gasteiger partial charge in [-0.25, -0.2) is 4.79 Å². The van der Waals surface area contributed by atoms with Crippen LogP contribution in [0.3, 0.4) is 0 Å². The van der Waals surface area contributed by atoms with E-state index in [-0.39, 0.29) is 17.9 Å². The fourth-order valence-corrected chi connectivity index (χ4v) is 1.88. The Labute approximate surface area is 84.2 Å². The van der Waals surface area contributed by atoms with Crippen molar-refractivity contribution in [3.63, 3.8) is 0 Å². The van der Waals surface area contributed by atoms with Crippen LogP contribution in [0, 0.1) is 5.92 Å². The first kappa shape index (κ1) is 11.0. The van der Waals surface area contributed by atoms with Gasteiger partial charge in [-0.1, -0.05) is 13.8 Å². The van der Waals surface area contributed by atoms with E-state index in [1.54, 1.807) is 11.8 Å². The Hall–Kier alpha value is -1.06. The number of carbonyl (C=O) groups excluding carboxylic acids is 2. The Morgan fingerprint density at radius 2 is 2.14 bits per heavy atom. The van der Waals surface area contributed by atoms with Crippen molar-refractivity contribution in [1.29, 1.82) is 0 Å². The molecule has 0 aromatic heterocycles. The minimum Gasteiger partial charge on any atom is -0.467 e. The second-order valence-corrected chi connectivity index (χ2v) is 3.78. The molecule has 0 N–H and O–H groups in total. The summed E-state index contributed by atoms with van der Waals surface area (Å²) in [6, 6.07) is -0.359. The number of hydrogen-bond acceptors (Lipinski definition) is 3. The standard InChI is InChI=1S/C10H17NO3/c1-4-9(12)11-6-7(2)5-8(11)10(13)14-3/h7-8H,4-6H2,1-3H3. The third-order valence-corrected chi connectivity index (χ3v) is 2.61. The number of amides is 1. The molecule has 1 amide bonds. The van der Waals surface area contributed by atoms with Crippen molar-refractivity contribution in [3.05, 3.63) is 0 Å². The van der Waals surface area contributed by atoms with E-state index in [9.17, 15) is 9.59 Å². The molecule has 1 rings (SSSR count). The van der Waals surface area contributed by atoms with Crippen molar-refractivity contribution < 1.29 is 14.3 Å². The van der Waals surface area contributed by atoms with Crippen molar-refractivity contribution in [1.82, 2.24) is 4.90 Å². The van der Waals surface area contributed by atoms with E-state index >= 15 is 0 Å². The first-order valence-electron chi connectivity index (χ1n) is 4.97. The minimum absolute atomic E-state index is 0.0322. The molecule has 1 saturated heterocycles. The molecule has 0 aliphatic carbocycles. The molecule has 1 fully saturated rings. The molecular weight excluding hydrogens is 182 g/mol. The van der Waals surface area contributed by atoms with Crippen LogP contribution in [0.1, 0.15) is 26.7 Å². The second-order valence-electron chi connectivity index (χ2n) is 3.78. The molecule has 0 radical (unpaired) electrons. The summed E-state index contributed by atoms with van der Waals surface area (Å²) < 4.78 is 4.67. The summed E-state index contributed by atoms with van der Waals surface area (Å²) in [5, 5.41) is 0. The van der Waals surface area contributed by atoms with Crippen molar-refractivity contribution in [2.24, 2.45) is 5.92 Å². The number of nitrogens with zero attached hydrogens (tertiary/aromatic N) is 1. The number of rotatable bonds is 2. The Balaban J connectivity index is 2.72. The van der Waals surface area contributed by atoms with Crippen LogP contribution in [-0.2, 0) is 14.3 Å². The molecule has 0 aromatic carbocycles. The van der Waals surface area contributed by atoms with Crippen molar-refractivity contribution >= 4 is 11.9 Å². The minimum atomic E-state index is -0.359. The fraction of sp³-hybridized carbons (Fsp3) is 0.800. The Kier molecular flexibility index (Phi) is 3.49. The Morgan fingerprint density at radius 3 is 2.64 bits per heavy atom. The second kappa shape index (κ2) is 4.44. The highest BCUT2D eigenvalue weighted by atomic mass is 16.5. The van der Waals surface area contributed by atoms with Crippen LogP contribution in [-0.4, -0.2) is 36.5 Å². The smallest absolute Gasteiger partial charge is 0.328 e. The number of carbonyl (C=O) groups is 2. The van der Waals surface area contributed by atoms with Gasteiger partial charge in [-0.2, -0.15) is 0 Å². The molecule has 2 unspecified atom stereocenters. The van der Waals surface area contributed by atoms with Gasteiger partial charge in [0.1, 0.15) is 6.04 Å². The van der Waals surface area contributed by atoms with Crippen molar-refractivity contribution in [2.75, 3.05) is 13.7 Å². The van der Waals surface area contributed by atoms with Gasteiger partial charge >= 0.3 is 5.97 Å². The van der Waals surface area contributed by atoms with Gasteiger partial charge in [-0.05, 0) is 12.3 Å². The summed E-state index contributed by atoms with van der Waals surface area (Å²) in [5.74, 6) is 0.121. The first-order chi connectivity index (χ1) is 6.60. The summed E-state index contributed by atoms with van der Waals surface area (Å²) in [7, 11) is 1.36. The van der Waals surface area contributed by atoms with E-state index < -0.39 is 0 Å². The lowest BCUT2D eigenvalue weighted by molar-refractivity contribution is -0.150. The zero-order valence-corrected chi connectivity index (χ0v) is 8.95. The highest BCUT2D eigenvalue weighted by Gasteiger charge is 2.37. The maximum Gasteiger partial charge on any atom is 0.328 e. The third kappa shape index (κ3) is 2.05. The van der Waals surface area contributed by atoms with E-state index in [4.69, 9.17) is 0 Å². The first-order valence-corrected chi connectivity index (χ1v) is 4.97. The Bertz CT molecular complexity index is 216. The molecule has 4 heteroatoms. The molecule has 14 heavy (non-hydrogen) atoms. The monoisotopic (exact) mass is 199 g/mol. The van der Waals surface area contributed by atoms with Crippen LogP contribution in [0.2, 0.25) is 0 Å². The van der Waals surface area contributed by atoms with Gasteiger partial charge in [-0.3, -0.25) is 4.79 Å². The molecule has 0 aromatic rings. The van der Waals surface area contributed by atoms with Gasteiger partial charge < -0.3 is 9.64 Å². The molecule has 1 aliphatic rings. The van der Waals surface area contributed by atoms with Gasteiger partial charge in [0.05, 0.1) is 7.11 Å². The van der Waals surface area contributed by atoms with E-state index in [1.165, 1.54) is 7.11 Å². The highest BCUT2D eigenvalue weighted by Crippen LogP contribution is 2.24. The van der Waals surface area contributed by atoms with Crippen molar-refractivity contribution in [2.45, 2.75) is 32.7 Å². The molecule has 4 nitrogen and oxygen atoms in total. The highest BCUT2D eigenvalue weighted by molar-refractivity contribution is 5.85. The van der Waals surface area contributed by atoms with E-state index in [1.807, 2.05) is 6.92 Å². The SMILES string of the molecule is CCC(=O)N1CC(C)CC1C(=O)OC. The average Bonchev–Trinajstić information content (AvgIpc) is 2.58. The predicted octanol–water partition coefficient (Wildman–Crippen LogP) is 0.806. The molecule has 80 valence electrons. The van der Waals surface area contributed by atoms with Crippen LogP contribution >= 0.6 is 0 Å². The van der Waals surface area contributed by atoms with E-state index in [0.29, 0.717) is 18.9 Å². The molecular formula is C10H17NO3. The number of likely N-dealkylation sites (tertiary alicyclic amines) is 1. The van der Waals surface area contributed by atoms with Gasteiger partial charge in [0.25, 0.3) is 0 Å². The molecule has 0 spiro atoms. The zero-order valence-electron chi connectivity index (χ0n) is 8.95. The lowest BCUT2D eigenvalue weighted by Gasteiger charge is -2.21. The van der Waals surface area contributed by atoms with Crippen LogP contribution in [0.5, 0.6) is 0 Å². The lowest BCUT2D eigenvalue weighted by Crippen LogP contribution is -2.40. The number of hydrogen-bond donors (Lipinski definition) is 0. The third-order valence-electron chi connectivity index (χ3n) is 2.61. The fourth-order valence-electron chi connectivity index (χ4n) is 1.88. The molecule has 0 bridgehead atoms. The van der Waals surface area contributed by atoms with Crippen LogP contribution in [0.25, 0.3) is 0 Å². The van der Waals surface area contributed by atoms with Crippen LogP contribution in [0.4, 0.5) is 0 Å². The van der Waals surface area contributed by atoms with Crippen molar-refractivity contribution in [3.8, 4) is 0 Å². The molecule has 2 atom stereocenters. The summed E-state index contributed by atoms with van der Waals surface area (Å²) in [5.41, 5.74) is 0. The molecule has 1 aliphatic heterocycles. The number of methoxy groups -OCH3 is 1. The predicted molar refractivity (Wildman–Crippen MR) is 51.6 cm³/mol. The topological polar surface area (TPSA) is 46.6 Å². The normalized spacial score (nSPS) is 26.4. The maximum atomic E-state index is 11.5. The van der Waals surface area contributed by atoms with Gasteiger partial charge in [0.15, 0.2) is 0 Å². The lowest BCUT2D eigenvalue weighted by atomic mass is 10.1. The number of esters is 1. The summed E-state index contributed by atoms with van der Waals surface area (Å²) in [6.07, 6.45) is 1.17. The van der Waals surface area contributed by atoms with Gasteiger partial charge in [0.2, 0.25) is 5.91 Å². The van der Waals surface area contributed by atoms with Gasteiger partial charge in [-0.15, -0.1) is 0 Å². The largest absolute Gasteiger partial charge is 0.467 e. The summed E-state index contributed by atoms with van der Waals surface area (Å²) >= 11 is 0. The summed E-state index contributed by atoms with van der Waals surface area (Å²) in [4.78, 5) is 24.5. The van der Waals surface area contributed by atoms with E-state index in [2.05, 4.69) is 4.74 Å². The quantitative estimate of drug-likeness (QED) is 0.618. The van der Waals surface area contributed by atoms with Gasteiger partial charge in [0, 0.05) is 13.0 Å². The number of ether oxygens (including phenoxy) is 1. The summed E-state index contributed by atoms with van der Waals surface area (Å²) in [6.45, 7) is 4.52. The molecule has 0 saturated carbocycles.